The molecule has 0 fully saturated rings. The van der Waals surface area contributed by atoms with E-state index in [1.54, 1.807) is 0 Å². The number of carbonyl (C=O) groups excluding carboxylic acids is 1. The lowest BCUT2D eigenvalue weighted by Crippen LogP contribution is -2.42. The molecular weight excluding hydrogens is 436 g/mol. The van der Waals surface area contributed by atoms with Gasteiger partial charge >= 0.3 is 6.18 Å². The molecule has 26 heavy (non-hydrogen) atoms. The molecule has 1 aromatic carbocycles. The second kappa shape index (κ2) is 6.60. The van der Waals surface area contributed by atoms with Crippen LogP contribution in [0.4, 0.5) is 13.2 Å². The number of hydrogen-bond acceptors (Lipinski definition) is 4. The Morgan fingerprint density at radius 2 is 1.85 bits per heavy atom. The summed E-state index contributed by atoms with van der Waals surface area (Å²) < 4.78 is 41.7. The van der Waals surface area contributed by atoms with Crippen LogP contribution in [0.3, 0.4) is 0 Å². The Labute approximate surface area is 164 Å². The second-order valence-corrected chi connectivity index (χ2v) is 7.69. The molecule has 0 bridgehead atoms. The van der Waals surface area contributed by atoms with Crippen molar-refractivity contribution in [3.05, 3.63) is 54.7 Å². The average Bonchev–Trinajstić information content (AvgIpc) is 3.18. The first-order valence-electron chi connectivity index (χ1n) is 6.92. The summed E-state index contributed by atoms with van der Waals surface area (Å²) in [4.78, 5) is 16.6. The number of primary amides is 1. The first-order chi connectivity index (χ1) is 12.0. The summed E-state index contributed by atoms with van der Waals surface area (Å²) in [6.07, 6.45) is -5.44. The van der Waals surface area contributed by atoms with E-state index in [0.717, 1.165) is 23.5 Å². The molecule has 4 nitrogen and oxygen atoms in total. The zero-order valence-corrected chi connectivity index (χ0v) is 15.6. The molecule has 1 unspecified atom stereocenters. The van der Waals surface area contributed by atoms with Crippen molar-refractivity contribution in [1.82, 2.24) is 0 Å². The largest absolute Gasteiger partial charge is 0.435 e. The van der Waals surface area contributed by atoms with Gasteiger partial charge in [0.1, 0.15) is 5.71 Å². The van der Waals surface area contributed by atoms with Gasteiger partial charge in [-0.05, 0) is 24.3 Å². The van der Waals surface area contributed by atoms with Crippen LogP contribution in [0.25, 0.3) is 0 Å². The van der Waals surface area contributed by atoms with E-state index in [1.807, 2.05) is 0 Å². The van der Waals surface area contributed by atoms with Gasteiger partial charge in [0.2, 0.25) is 0 Å². The van der Waals surface area contributed by atoms with E-state index in [-0.39, 0.29) is 31.2 Å². The van der Waals surface area contributed by atoms with Gasteiger partial charge < -0.3 is 10.6 Å². The van der Waals surface area contributed by atoms with Crippen LogP contribution in [-0.4, -0.2) is 17.8 Å². The van der Waals surface area contributed by atoms with E-state index in [2.05, 4.69) is 5.16 Å². The molecule has 3 rings (SSSR count). The van der Waals surface area contributed by atoms with Crippen molar-refractivity contribution in [3.8, 4) is 0 Å². The summed E-state index contributed by atoms with van der Waals surface area (Å²) in [5, 5.41) is 3.26. The van der Waals surface area contributed by atoms with E-state index >= 15 is 0 Å². The van der Waals surface area contributed by atoms with Crippen LogP contribution in [-0.2, 0) is 10.4 Å². The minimum Gasteiger partial charge on any atom is -0.374 e. The van der Waals surface area contributed by atoms with Crippen molar-refractivity contribution < 1.29 is 22.8 Å². The molecule has 1 atom stereocenters. The Bertz CT molecular complexity index is 906. The lowest BCUT2D eigenvalue weighted by atomic mass is 9.88. The zero-order chi connectivity index (χ0) is 19.3. The molecule has 1 amide bonds. The van der Waals surface area contributed by atoms with Crippen molar-refractivity contribution in [1.29, 1.82) is 0 Å². The Morgan fingerprint density at radius 3 is 2.35 bits per heavy atom. The number of halogens is 6. The molecule has 1 aliphatic rings. The summed E-state index contributed by atoms with van der Waals surface area (Å²) in [5.41, 5.74) is 2.10. The third kappa shape index (κ3) is 3.15. The lowest BCUT2D eigenvalue weighted by molar-refractivity contribution is -0.275. The van der Waals surface area contributed by atoms with Gasteiger partial charge in [0, 0.05) is 5.56 Å². The van der Waals surface area contributed by atoms with E-state index < -0.39 is 24.1 Å². The average molecular weight is 444 g/mol. The van der Waals surface area contributed by atoms with E-state index in [4.69, 9.17) is 45.4 Å². The van der Waals surface area contributed by atoms with Crippen molar-refractivity contribution in [2.75, 3.05) is 0 Å². The number of nitrogens with zero attached hydrogens (tertiary/aromatic N) is 1. The first kappa shape index (κ1) is 19.3. The summed E-state index contributed by atoms with van der Waals surface area (Å²) >= 11 is 18.5. The Hall–Kier alpha value is -1.48. The van der Waals surface area contributed by atoms with Crippen molar-refractivity contribution >= 4 is 57.8 Å². The molecule has 138 valence electrons. The molecule has 2 aromatic rings. The van der Waals surface area contributed by atoms with Crippen LogP contribution in [0.5, 0.6) is 0 Å². The topological polar surface area (TPSA) is 64.7 Å². The number of carbonyl (C=O) groups is 1. The number of nitrogens with two attached hydrogens (primary N) is 1. The Morgan fingerprint density at radius 1 is 1.23 bits per heavy atom. The summed E-state index contributed by atoms with van der Waals surface area (Å²) in [5.74, 6) is -0.681. The molecule has 0 radical (unpaired) electrons. The highest BCUT2D eigenvalue weighted by Crippen LogP contribution is 2.50. The van der Waals surface area contributed by atoms with Crippen molar-refractivity contribution in [2.24, 2.45) is 10.9 Å². The summed E-state index contributed by atoms with van der Waals surface area (Å²) in [7, 11) is 0. The van der Waals surface area contributed by atoms with Crippen LogP contribution in [0.2, 0.25) is 15.1 Å². The Kier molecular flexibility index (Phi) is 4.89. The molecular formula is C15H8Cl3F3N2O2S. The van der Waals surface area contributed by atoms with Gasteiger partial charge in [-0.15, -0.1) is 11.3 Å². The number of alkyl halides is 3. The minimum atomic E-state index is -4.82. The van der Waals surface area contributed by atoms with Gasteiger partial charge in [0.05, 0.1) is 31.2 Å². The number of thiophene rings is 1. The van der Waals surface area contributed by atoms with Gasteiger partial charge in [-0.3, -0.25) is 4.79 Å². The maximum Gasteiger partial charge on any atom is 0.435 e. The molecule has 1 aliphatic heterocycles. The van der Waals surface area contributed by atoms with Gasteiger partial charge in [-0.25, -0.2) is 0 Å². The molecule has 0 spiro atoms. The zero-order valence-electron chi connectivity index (χ0n) is 12.5. The van der Waals surface area contributed by atoms with Crippen LogP contribution in [0, 0.1) is 0 Å². The third-order valence-corrected chi connectivity index (χ3v) is 6.12. The normalized spacial score (nSPS) is 20.0. The third-order valence-electron chi connectivity index (χ3n) is 3.77. The highest BCUT2D eigenvalue weighted by atomic mass is 35.5. The summed E-state index contributed by atoms with van der Waals surface area (Å²) in [6, 6.07) is 4.96. The number of benzene rings is 1. The number of amides is 1. The van der Waals surface area contributed by atoms with Gasteiger partial charge in [-0.1, -0.05) is 40.0 Å². The van der Waals surface area contributed by atoms with Crippen LogP contribution < -0.4 is 5.73 Å². The van der Waals surface area contributed by atoms with E-state index in [1.165, 1.54) is 12.1 Å². The van der Waals surface area contributed by atoms with Crippen LogP contribution in [0.1, 0.15) is 26.5 Å². The molecule has 0 saturated carbocycles. The SMILES string of the molecule is NC(=O)c1ccc(C2=NOC(c3cc(Cl)c(Cl)c(Cl)c3)(C(F)(F)F)C2)s1. The fourth-order valence-electron chi connectivity index (χ4n) is 2.45. The predicted octanol–water partition coefficient (Wildman–Crippen LogP) is 5.39. The molecule has 1 aromatic heterocycles. The fraction of sp³-hybridized carbons (Fsp3) is 0.200. The Balaban J connectivity index is 2.03. The molecule has 11 heteroatoms. The standard InChI is InChI=1S/C15H8Cl3F3N2O2S/c16-7-3-6(4-8(17)12(7)18)14(15(19,20)21)5-9(23-25-14)10-1-2-11(26-10)13(22)24/h1-4H,5H2,(H2,22,24). The molecule has 0 aliphatic carbocycles. The number of hydrogen-bond donors (Lipinski definition) is 1. The van der Waals surface area contributed by atoms with E-state index in [9.17, 15) is 18.0 Å². The molecule has 2 N–H and O–H groups in total. The van der Waals surface area contributed by atoms with Crippen molar-refractivity contribution in [2.45, 2.75) is 18.2 Å². The van der Waals surface area contributed by atoms with Crippen LogP contribution in [0.15, 0.2) is 29.4 Å². The molecule has 2 heterocycles. The molecule has 0 saturated heterocycles. The van der Waals surface area contributed by atoms with Gasteiger partial charge in [0.25, 0.3) is 11.5 Å². The predicted molar refractivity (Wildman–Crippen MR) is 94.3 cm³/mol. The highest BCUT2D eigenvalue weighted by molar-refractivity contribution is 7.16. The maximum absolute atomic E-state index is 13.9. The van der Waals surface area contributed by atoms with E-state index in [0.29, 0.717) is 4.88 Å². The smallest absolute Gasteiger partial charge is 0.374 e. The van der Waals surface area contributed by atoms with Gasteiger partial charge in [-0.2, -0.15) is 13.2 Å². The minimum absolute atomic E-state index is 0.0296. The highest BCUT2D eigenvalue weighted by Gasteiger charge is 2.62. The summed E-state index contributed by atoms with van der Waals surface area (Å²) in [6.45, 7) is 0. The number of rotatable bonds is 3. The second-order valence-electron chi connectivity index (χ2n) is 5.41. The fourth-order valence-corrected chi connectivity index (χ4v) is 3.88. The number of oxime groups is 1. The monoisotopic (exact) mass is 442 g/mol. The van der Waals surface area contributed by atoms with Crippen molar-refractivity contribution in [3.63, 3.8) is 0 Å². The van der Waals surface area contributed by atoms with Gasteiger partial charge in [0.15, 0.2) is 0 Å². The lowest BCUT2D eigenvalue weighted by Gasteiger charge is -2.29. The maximum atomic E-state index is 13.9. The first-order valence-corrected chi connectivity index (χ1v) is 8.87. The van der Waals surface area contributed by atoms with Crippen LogP contribution >= 0.6 is 46.1 Å². The quantitative estimate of drug-likeness (QED) is 0.647.